The standard InChI is InChI=1S/C62H38N8/c1-4-19-40(20-5-1)57-63-58(41-21-6-2-7-22-41)66-61(65-57)51-28-14-17-31-54(51)69-52-29-15-12-26-47(52)49-36-37-50-48-27-13-16-30-53(48)70(56(50)55(49)69)62-67-59(42-23-8-3-9-24-42)64-60(68-62)44-34-35-46-43(38-44)33-32-39-18-10-11-25-45(39)46/h1-38H. The third-order valence-corrected chi connectivity index (χ3v) is 13.4. The molecule has 0 atom stereocenters. The molecule has 14 rings (SSSR count). The molecule has 14 aromatic rings. The summed E-state index contributed by atoms with van der Waals surface area (Å²) in [5.41, 5.74) is 9.40. The van der Waals surface area contributed by atoms with Gasteiger partial charge in [-0.1, -0.05) is 200 Å². The van der Waals surface area contributed by atoms with Crippen LogP contribution in [0.25, 0.3) is 134 Å². The van der Waals surface area contributed by atoms with E-state index in [0.29, 0.717) is 35.1 Å². The summed E-state index contributed by atoms with van der Waals surface area (Å²) >= 11 is 0. The highest BCUT2D eigenvalue weighted by molar-refractivity contribution is 6.24. The Morgan fingerprint density at radius 1 is 0.257 bits per heavy atom. The van der Waals surface area contributed by atoms with Crippen molar-refractivity contribution >= 4 is 65.2 Å². The van der Waals surface area contributed by atoms with Crippen molar-refractivity contribution in [3.8, 4) is 68.6 Å². The van der Waals surface area contributed by atoms with Crippen LogP contribution in [0.5, 0.6) is 0 Å². The monoisotopic (exact) mass is 894 g/mol. The SMILES string of the molecule is c1ccc(-c2nc(-c3ccccc3)nc(-c3ccccc3-n3c4ccccc4c4ccc5c6ccccc6n(-c6nc(-c7ccccc7)nc(-c7ccc8c(ccc9ccccc98)c7)n6)c5c43)n2)cc1. The van der Waals surface area contributed by atoms with Crippen molar-refractivity contribution in [1.29, 1.82) is 0 Å². The van der Waals surface area contributed by atoms with E-state index in [9.17, 15) is 0 Å². The maximum atomic E-state index is 5.45. The maximum Gasteiger partial charge on any atom is 0.238 e. The van der Waals surface area contributed by atoms with E-state index < -0.39 is 0 Å². The van der Waals surface area contributed by atoms with Gasteiger partial charge in [0.25, 0.3) is 0 Å². The molecule has 8 nitrogen and oxygen atoms in total. The summed E-state index contributed by atoms with van der Waals surface area (Å²) in [6.45, 7) is 0. The molecular weight excluding hydrogens is 857 g/mol. The van der Waals surface area contributed by atoms with Crippen LogP contribution in [0.3, 0.4) is 0 Å². The van der Waals surface area contributed by atoms with Gasteiger partial charge in [0.1, 0.15) is 0 Å². The molecule has 8 heteroatoms. The second-order valence-corrected chi connectivity index (χ2v) is 17.5. The molecule has 0 unspecified atom stereocenters. The number of nitrogens with zero attached hydrogens (tertiary/aromatic N) is 8. The molecule has 0 fully saturated rings. The summed E-state index contributed by atoms with van der Waals surface area (Å²) in [5.74, 6) is 3.46. The lowest BCUT2D eigenvalue weighted by Crippen LogP contribution is -2.07. The second-order valence-electron chi connectivity index (χ2n) is 17.5. The first-order valence-corrected chi connectivity index (χ1v) is 23.4. The number of para-hydroxylation sites is 3. The minimum atomic E-state index is 0.517. The maximum absolute atomic E-state index is 5.45. The van der Waals surface area contributed by atoms with Crippen molar-refractivity contribution in [3.63, 3.8) is 0 Å². The smallest absolute Gasteiger partial charge is 0.238 e. The third-order valence-electron chi connectivity index (χ3n) is 13.4. The van der Waals surface area contributed by atoms with Crippen molar-refractivity contribution in [2.75, 3.05) is 0 Å². The van der Waals surface area contributed by atoms with Crippen LogP contribution in [0.1, 0.15) is 0 Å². The van der Waals surface area contributed by atoms with Crippen LogP contribution in [0.15, 0.2) is 231 Å². The van der Waals surface area contributed by atoms with Crippen LogP contribution in [-0.2, 0) is 0 Å². The van der Waals surface area contributed by atoms with Gasteiger partial charge in [-0.2, -0.15) is 9.97 Å². The highest BCUT2D eigenvalue weighted by Crippen LogP contribution is 2.43. The lowest BCUT2D eigenvalue weighted by Gasteiger charge is -2.16. The first-order chi connectivity index (χ1) is 34.7. The number of fused-ring (bicyclic) bond motifs is 10. The Morgan fingerprint density at radius 3 is 1.31 bits per heavy atom. The highest BCUT2D eigenvalue weighted by atomic mass is 15.2. The van der Waals surface area contributed by atoms with Gasteiger partial charge >= 0.3 is 0 Å². The Hall–Kier alpha value is -9.66. The Kier molecular flexibility index (Phi) is 9.03. The molecule has 4 heterocycles. The van der Waals surface area contributed by atoms with Crippen molar-refractivity contribution in [3.05, 3.63) is 231 Å². The normalized spacial score (nSPS) is 11.7. The zero-order chi connectivity index (χ0) is 46.1. The van der Waals surface area contributed by atoms with Crippen LogP contribution in [0, 0.1) is 0 Å². The summed E-state index contributed by atoms with van der Waals surface area (Å²) in [5, 5.41) is 9.08. The summed E-state index contributed by atoms with van der Waals surface area (Å²) < 4.78 is 4.61. The van der Waals surface area contributed by atoms with Gasteiger partial charge in [0, 0.05) is 49.4 Å². The van der Waals surface area contributed by atoms with Crippen LogP contribution in [-0.4, -0.2) is 39.0 Å². The Balaban J connectivity index is 1.06. The number of hydrogen-bond acceptors (Lipinski definition) is 6. The molecular formula is C62H38N8. The van der Waals surface area contributed by atoms with Gasteiger partial charge in [-0.25, -0.2) is 19.9 Å². The predicted octanol–water partition coefficient (Wildman–Crippen LogP) is 14.9. The molecule has 0 saturated heterocycles. The molecule has 326 valence electrons. The van der Waals surface area contributed by atoms with Gasteiger partial charge in [-0.3, -0.25) is 4.57 Å². The van der Waals surface area contributed by atoms with Crippen LogP contribution in [0.4, 0.5) is 0 Å². The average molecular weight is 895 g/mol. The molecule has 0 aliphatic rings. The molecule has 0 N–H and O–H groups in total. The molecule has 0 aliphatic carbocycles. The summed E-state index contributed by atoms with van der Waals surface area (Å²) in [6.07, 6.45) is 0. The minimum absolute atomic E-state index is 0.517. The van der Waals surface area contributed by atoms with E-state index in [1.165, 1.54) is 16.2 Å². The topological polar surface area (TPSA) is 87.2 Å². The quantitative estimate of drug-likeness (QED) is 0.148. The summed E-state index contributed by atoms with van der Waals surface area (Å²) in [4.78, 5) is 31.6. The van der Waals surface area contributed by atoms with Crippen molar-refractivity contribution in [1.82, 2.24) is 39.0 Å². The molecule has 0 aliphatic heterocycles. The Labute approximate surface area is 401 Å². The molecule has 0 saturated carbocycles. The first-order valence-electron chi connectivity index (χ1n) is 23.4. The lowest BCUT2D eigenvalue weighted by molar-refractivity contribution is 0.953. The Morgan fingerprint density at radius 2 is 0.686 bits per heavy atom. The number of benzene rings is 10. The molecule has 0 bridgehead atoms. The fraction of sp³-hybridized carbons (Fsp3) is 0. The van der Waals surface area contributed by atoms with Crippen molar-refractivity contribution in [2.24, 2.45) is 0 Å². The van der Waals surface area contributed by atoms with E-state index in [4.69, 9.17) is 29.9 Å². The lowest BCUT2D eigenvalue weighted by atomic mass is 10.00. The summed E-state index contributed by atoms with van der Waals surface area (Å²) in [6, 6.07) is 79.9. The van der Waals surface area contributed by atoms with Gasteiger partial charge in [-0.05, 0) is 51.9 Å². The zero-order valence-electron chi connectivity index (χ0n) is 37.5. The molecule has 0 amide bonds. The predicted molar refractivity (Wildman–Crippen MR) is 284 cm³/mol. The fourth-order valence-corrected chi connectivity index (χ4v) is 10.2. The van der Waals surface area contributed by atoms with Gasteiger partial charge in [0.2, 0.25) is 5.95 Å². The van der Waals surface area contributed by atoms with E-state index in [0.717, 1.165) is 82.5 Å². The van der Waals surface area contributed by atoms with E-state index in [1.54, 1.807) is 0 Å². The number of aromatic nitrogens is 8. The van der Waals surface area contributed by atoms with Gasteiger partial charge < -0.3 is 4.57 Å². The molecule has 70 heavy (non-hydrogen) atoms. The van der Waals surface area contributed by atoms with Gasteiger partial charge in [-0.15, -0.1) is 0 Å². The second kappa shape index (κ2) is 16.0. The van der Waals surface area contributed by atoms with E-state index in [2.05, 4.69) is 161 Å². The van der Waals surface area contributed by atoms with Crippen LogP contribution >= 0.6 is 0 Å². The molecule has 0 radical (unpaired) electrons. The number of hydrogen-bond donors (Lipinski definition) is 0. The first kappa shape index (κ1) is 39.5. The molecule has 10 aromatic carbocycles. The van der Waals surface area contributed by atoms with E-state index in [-0.39, 0.29) is 0 Å². The highest BCUT2D eigenvalue weighted by Gasteiger charge is 2.25. The largest absolute Gasteiger partial charge is 0.306 e. The van der Waals surface area contributed by atoms with Crippen LogP contribution in [0.2, 0.25) is 0 Å². The zero-order valence-corrected chi connectivity index (χ0v) is 37.5. The van der Waals surface area contributed by atoms with E-state index >= 15 is 0 Å². The Bertz CT molecular complexity index is 4290. The van der Waals surface area contributed by atoms with E-state index in [1.807, 2.05) is 78.9 Å². The van der Waals surface area contributed by atoms with Gasteiger partial charge in [0.05, 0.1) is 27.8 Å². The summed E-state index contributed by atoms with van der Waals surface area (Å²) in [7, 11) is 0. The van der Waals surface area contributed by atoms with Gasteiger partial charge in [0.15, 0.2) is 29.1 Å². The minimum Gasteiger partial charge on any atom is -0.306 e. The molecule has 4 aromatic heterocycles. The van der Waals surface area contributed by atoms with Crippen LogP contribution < -0.4 is 0 Å². The fourth-order valence-electron chi connectivity index (χ4n) is 10.2. The number of rotatable bonds is 7. The van der Waals surface area contributed by atoms with Crippen molar-refractivity contribution < 1.29 is 0 Å². The average Bonchev–Trinajstić information content (AvgIpc) is 3.96. The molecule has 0 spiro atoms. The van der Waals surface area contributed by atoms with Crippen molar-refractivity contribution in [2.45, 2.75) is 0 Å². The third kappa shape index (κ3) is 6.38.